The van der Waals surface area contributed by atoms with Crippen molar-refractivity contribution in [1.29, 1.82) is 0 Å². The molecule has 0 heterocycles. The summed E-state index contributed by atoms with van der Waals surface area (Å²) in [6.45, 7) is 3.99. The van der Waals surface area contributed by atoms with Crippen LogP contribution in [0.25, 0.3) is 0 Å². The quantitative estimate of drug-likeness (QED) is 0.701. The molecule has 0 bridgehead atoms. The molecule has 19 heavy (non-hydrogen) atoms. The SMILES string of the molecule is COCCNCc1cccc(F)c1N(C)CC(C)O. The van der Waals surface area contributed by atoms with E-state index in [1.807, 2.05) is 6.07 Å². The van der Waals surface area contributed by atoms with E-state index in [0.29, 0.717) is 31.9 Å². The third-order valence-electron chi connectivity index (χ3n) is 2.79. The predicted molar refractivity (Wildman–Crippen MR) is 74.9 cm³/mol. The Morgan fingerprint density at radius 1 is 1.47 bits per heavy atom. The van der Waals surface area contributed by atoms with E-state index in [2.05, 4.69) is 5.32 Å². The van der Waals surface area contributed by atoms with Gasteiger partial charge in [-0.1, -0.05) is 12.1 Å². The molecule has 1 aromatic carbocycles. The number of aliphatic hydroxyl groups excluding tert-OH is 1. The van der Waals surface area contributed by atoms with Gasteiger partial charge in [0.25, 0.3) is 0 Å². The summed E-state index contributed by atoms with van der Waals surface area (Å²) in [5, 5.41) is 12.6. The predicted octanol–water partition coefficient (Wildman–Crippen LogP) is 1.38. The number of hydrogen-bond donors (Lipinski definition) is 2. The van der Waals surface area contributed by atoms with Crippen LogP contribution in [0.1, 0.15) is 12.5 Å². The molecule has 0 aliphatic rings. The second-order valence-corrected chi connectivity index (χ2v) is 4.65. The second kappa shape index (κ2) is 8.09. The Kier molecular flexibility index (Phi) is 6.77. The van der Waals surface area contributed by atoms with Crippen molar-refractivity contribution >= 4 is 5.69 Å². The lowest BCUT2D eigenvalue weighted by Gasteiger charge is -2.24. The molecule has 4 nitrogen and oxygen atoms in total. The van der Waals surface area contributed by atoms with Crippen molar-refractivity contribution in [3.63, 3.8) is 0 Å². The van der Waals surface area contributed by atoms with E-state index < -0.39 is 6.10 Å². The van der Waals surface area contributed by atoms with Crippen molar-refractivity contribution in [2.75, 3.05) is 38.8 Å². The maximum atomic E-state index is 14.0. The molecular formula is C14H23FN2O2. The Balaban J connectivity index is 2.76. The second-order valence-electron chi connectivity index (χ2n) is 4.65. The molecule has 0 spiro atoms. The first-order valence-electron chi connectivity index (χ1n) is 6.42. The topological polar surface area (TPSA) is 44.7 Å². The fourth-order valence-corrected chi connectivity index (χ4v) is 2.02. The van der Waals surface area contributed by atoms with Crippen LogP contribution in [-0.4, -0.2) is 45.1 Å². The van der Waals surface area contributed by atoms with Gasteiger partial charge in [-0.25, -0.2) is 4.39 Å². The van der Waals surface area contributed by atoms with Crippen molar-refractivity contribution in [2.24, 2.45) is 0 Å². The maximum absolute atomic E-state index is 14.0. The highest BCUT2D eigenvalue weighted by Crippen LogP contribution is 2.23. The van der Waals surface area contributed by atoms with Gasteiger partial charge in [-0.15, -0.1) is 0 Å². The smallest absolute Gasteiger partial charge is 0.146 e. The molecule has 0 saturated heterocycles. The number of anilines is 1. The number of likely N-dealkylation sites (N-methyl/N-ethyl adjacent to an activating group) is 1. The van der Waals surface area contributed by atoms with Crippen LogP contribution >= 0.6 is 0 Å². The summed E-state index contributed by atoms with van der Waals surface area (Å²) in [6, 6.07) is 5.02. The van der Waals surface area contributed by atoms with Crippen LogP contribution in [0, 0.1) is 5.82 Å². The number of methoxy groups -OCH3 is 1. The number of nitrogens with one attached hydrogen (secondary N) is 1. The summed E-state index contributed by atoms with van der Waals surface area (Å²) in [6.07, 6.45) is -0.501. The number of halogens is 1. The van der Waals surface area contributed by atoms with Crippen molar-refractivity contribution in [2.45, 2.75) is 19.6 Å². The number of rotatable bonds is 8. The van der Waals surface area contributed by atoms with Crippen LogP contribution in [0.15, 0.2) is 18.2 Å². The Hall–Kier alpha value is -1.17. The summed E-state index contributed by atoms with van der Waals surface area (Å²) in [5.74, 6) is -0.269. The van der Waals surface area contributed by atoms with Gasteiger partial charge in [-0.05, 0) is 18.6 Å². The van der Waals surface area contributed by atoms with Gasteiger partial charge >= 0.3 is 0 Å². The first-order valence-corrected chi connectivity index (χ1v) is 6.42. The van der Waals surface area contributed by atoms with Crippen LogP contribution in [-0.2, 0) is 11.3 Å². The van der Waals surface area contributed by atoms with Gasteiger partial charge in [0.05, 0.1) is 18.4 Å². The van der Waals surface area contributed by atoms with Gasteiger partial charge in [0, 0.05) is 33.8 Å². The Morgan fingerprint density at radius 3 is 2.84 bits per heavy atom. The molecule has 0 radical (unpaired) electrons. The Bertz CT molecular complexity index is 386. The largest absolute Gasteiger partial charge is 0.392 e. The molecule has 1 atom stereocenters. The van der Waals surface area contributed by atoms with Gasteiger partial charge in [0.1, 0.15) is 5.82 Å². The number of aliphatic hydroxyl groups is 1. The molecule has 0 aliphatic heterocycles. The lowest BCUT2D eigenvalue weighted by molar-refractivity contribution is 0.199. The number of para-hydroxylation sites is 1. The molecule has 0 saturated carbocycles. The molecule has 108 valence electrons. The summed E-state index contributed by atoms with van der Waals surface area (Å²) in [5.41, 5.74) is 1.41. The van der Waals surface area contributed by atoms with Crippen molar-refractivity contribution in [3.8, 4) is 0 Å². The minimum absolute atomic E-state index is 0.269. The van der Waals surface area contributed by atoms with E-state index in [0.717, 1.165) is 5.56 Å². The Labute approximate surface area is 114 Å². The number of ether oxygens (including phenoxy) is 1. The zero-order valence-corrected chi connectivity index (χ0v) is 11.8. The summed E-state index contributed by atoms with van der Waals surface area (Å²) in [7, 11) is 3.43. The fourth-order valence-electron chi connectivity index (χ4n) is 2.02. The van der Waals surface area contributed by atoms with E-state index in [1.54, 1.807) is 32.0 Å². The number of nitrogens with zero attached hydrogens (tertiary/aromatic N) is 1. The molecule has 0 aromatic heterocycles. The molecule has 5 heteroatoms. The van der Waals surface area contributed by atoms with Crippen LogP contribution < -0.4 is 10.2 Å². The van der Waals surface area contributed by atoms with Crippen molar-refractivity contribution in [1.82, 2.24) is 5.32 Å². The van der Waals surface area contributed by atoms with Gasteiger partial charge in [-0.3, -0.25) is 0 Å². The highest BCUT2D eigenvalue weighted by atomic mass is 19.1. The van der Waals surface area contributed by atoms with Gasteiger partial charge in [0.15, 0.2) is 0 Å². The number of benzene rings is 1. The zero-order chi connectivity index (χ0) is 14.3. The lowest BCUT2D eigenvalue weighted by Crippen LogP contribution is -2.29. The summed E-state index contributed by atoms with van der Waals surface area (Å²) in [4.78, 5) is 1.74. The lowest BCUT2D eigenvalue weighted by atomic mass is 10.1. The van der Waals surface area contributed by atoms with E-state index in [4.69, 9.17) is 4.74 Å². The van der Waals surface area contributed by atoms with Crippen molar-refractivity contribution < 1.29 is 14.2 Å². The van der Waals surface area contributed by atoms with E-state index in [1.165, 1.54) is 6.07 Å². The van der Waals surface area contributed by atoms with Gasteiger partial charge in [0.2, 0.25) is 0 Å². The van der Waals surface area contributed by atoms with Crippen LogP contribution in [0.3, 0.4) is 0 Å². The standard InChI is InChI=1S/C14H23FN2O2/c1-11(18)10-17(2)14-12(5-4-6-13(14)15)9-16-7-8-19-3/h4-6,11,16,18H,7-10H2,1-3H3. The van der Waals surface area contributed by atoms with Crippen molar-refractivity contribution in [3.05, 3.63) is 29.6 Å². The molecule has 0 fully saturated rings. The third kappa shape index (κ3) is 5.14. The molecule has 0 amide bonds. The maximum Gasteiger partial charge on any atom is 0.146 e. The molecule has 1 rings (SSSR count). The fraction of sp³-hybridized carbons (Fsp3) is 0.571. The summed E-state index contributed by atoms with van der Waals surface area (Å²) < 4.78 is 18.9. The highest BCUT2D eigenvalue weighted by Gasteiger charge is 2.14. The molecule has 2 N–H and O–H groups in total. The molecule has 1 aromatic rings. The highest BCUT2D eigenvalue weighted by molar-refractivity contribution is 5.54. The van der Waals surface area contributed by atoms with Crippen LogP contribution in [0.5, 0.6) is 0 Å². The normalized spacial score (nSPS) is 12.5. The number of hydrogen-bond acceptors (Lipinski definition) is 4. The zero-order valence-electron chi connectivity index (χ0n) is 11.8. The first kappa shape index (κ1) is 15.9. The third-order valence-corrected chi connectivity index (χ3v) is 2.79. The van der Waals surface area contributed by atoms with E-state index >= 15 is 0 Å². The monoisotopic (exact) mass is 270 g/mol. The average molecular weight is 270 g/mol. The summed E-state index contributed by atoms with van der Waals surface area (Å²) >= 11 is 0. The average Bonchev–Trinajstić information content (AvgIpc) is 2.33. The minimum Gasteiger partial charge on any atom is -0.392 e. The van der Waals surface area contributed by atoms with Crippen LogP contribution in [0.2, 0.25) is 0 Å². The molecule has 1 unspecified atom stereocenters. The first-order chi connectivity index (χ1) is 9.06. The minimum atomic E-state index is -0.501. The Morgan fingerprint density at radius 2 is 2.21 bits per heavy atom. The van der Waals surface area contributed by atoms with E-state index in [9.17, 15) is 9.50 Å². The van der Waals surface area contributed by atoms with E-state index in [-0.39, 0.29) is 5.82 Å². The molecule has 0 aliphatic carbocycles. The molecular weight excluding hydrogens is 247 g/mol. The van der Waals surface area contributed by atoms with Crippen LogP contribution in [0.4, 0.5) is 10.1 Å². The van der Waals surface area contributed by atoms with Gasteiger partial charge < -0.3 is 20.1 Å². The van der Waals surface area contributed by atoms with Gasteiger partial charge in [-0.2, -0.15) is 0 Å².